The zero-order chi connectivity index (χ0) is 20.1. The van der Waals surface area contributed by atoms with Crippen LogP contribution in [0.5, 0.6) is 5.75 Å². The van der Waals surface area contributed by atoms with Gasteiger partial charge in [0.05, 0.1) is 11.9 Å². The van der Waals surface area contributed by atoms with Crippen molar-refractivity contribution in [2.75, 3.05) is 11.9 Å². The van der Waals surface area contributed by atoms with Gasteiger partial charge in [0.1, 0.15) is 5.75 Å². The SMILES string of the molecule is CCOc1ccc(NC(=O)[C@H](C)Sc2nnc(-c3cc(C)cc(C)c3)o2)cc1. The third-order valence-electron chi connectivity index (χ3n) is 3.95. The van der Waals surface area contributed by atoms with Crippen molar-refractivity contribution < 1.29 is 13.9 Å². The summed E-state index contributed by atoms with van der Waals surface area (Å²) in [6.45, 7) is 8.38. The monoisotopic (exact) mass is 397 g/mol. The third-order valence-corrected chi connectivity index (χ3v) is 4.89. The predicted molar refractivity (Wildman–Crippen MR) is 111 cm³/mol. The molecule has 0 saturated heterocycles. The summed E-state index contributed by atoms with van der Waals surface area (Å²) >= 11 is 1.23. The van der Waals surface area contributed by atoms with Gasteiger partial charge in [-0.25, -0.2) is 0 Å². The number of carbonyl (C=O) groups is 1. The molecule has 0 radical (unpaired) electrons. The van der Waals surface area contributed by atoms with E-state index in [-0.39, 0.29) is 11.2 Å². The highest BCUT2D eigenvalue weighted by atomic mass is 32.2. The Labute approximate surface area is 168 Å². The van der Waals surface area contributed by atoms with E-state index in [1.165, 1.54) is 11.8 Å². The van der Waals surface area contributed by atoms with Gasteiger partial charge in [0.2, 0.25) is 11.8 Å². The van der Waals surface area contributed by atoms with E-state index >= 15 is 0 Å². The van der Waals surface area contributed by atoms with Gasteiger partial charge in [-0.3, -0.25) is 4.79 Å². The van der Waals surface area contributed by atoms with Gasteiger partial charge in [-0.15, -0.1) is 10.2 Å². The molecule has 6 nitrogen and oxygen atoms in total. The lowest BCUT2D eigenvalue weighted by molar-refractivity contribution is -0.115. The Hall–Kier alpha value is -2.80. The molecule has 2 aromatic carbocycles. The Balaban J connectivity index is 1.62. The van der Waals surface area contributed by atoms with Gasteiger partial charge in [-0.1, -0.05) is 29.0 Å². The standard InChI is InChI=1S/C21H23N3O3S/c1-5-26-18-8-6-17(7-9-18)22-19(25)15(4)28-21-24-23-20(27-21)16-11-13(2)10-14(3)12-16/h6-12,15H,5H2,1-4H3,(H,22,25)/t15-/m0/s1. The second kappa shape index (κ2) is 8.93. The summed E-state index contributed by atoms with van der Waals surface area (Å²) in [4.78, 5) is 12.4. The molecular formula is C21H23N3O3S. The average Bonchev–Trinajstić information content (AvgIpc) is 3.11. The molecule has 0 unspecified atom stereocenters. The summed E-state index contributed by atoms with van der Waals surface area (Å²) in [6, 6.07) is 13.4. The normalized spacial score (nSPS) is 11.9. The molecule has 0 bridgehead atoms. The Morgan fingerprint density at radius 3 is 2.46 bits per heavy atom. The smallest absolute Gasteiger partial charge is 0.277 e. The van der Waals surface area contributed by atoms with E-state index in [4.69, 9.17) is 9.15 Å². The topological polar surface area (TPSA) is 77.2 Å². The van der Waals surface area contributed by atoms with Crippen molar-refractivity contribution in [1.82, 2.24) is 10.2 Å². The highest BCUT2D eigenvalue weighted by Gasteiger charge is 2.19. The van der Waals surface area contributed by atoms with Gasteiger partial charge in [-0.2, -0.15) is 0 Å². The zero-order valence-electron chi connectivity index (χ0n) is 16.4. The number of hydrogen-bond acceptors (Lipinski definition) is 6. The number of aromatic nitrogens is 2. The van der Waals surface area contributed by atoms with E-state index in [1.807, 2.05) is 57.2 Å². The lowest BCUT2D eigenvalue weighted by Crippen LogP contribution is -2.22. The molecule has 0 aliphatic heterocycles. The Morgan fingerprint density at radius 2 is 1.82 bits per heavy atom. The molecule has 28 heavy (non-hydrogen) atoms. The number of carbonyl (C=O) groups excluding carboxylic acids is 1. The molecular weight excluding hydrogens is 374 g/mol. The van der Waals surface area contributed by atoms with Crippen LogP contribution in [-0.2, 0) is 4.79 Å². The summed E-state index contributed by atoms with van der Waals surface area (Å²) in [5, 5.41) is 11.0. The molecule has 7 heteroatoms. The summed E-state index contributed by atoms with van der Waals surface area (Å²) in [7, 11) is 0. The fraction of sp³-hybridized carbons (Fsp3) is 0.286. The Bertz CT molecular complexity index is 934. The molecule has 146 valence electrons. The maximum absolute atomic E-state index is 12.4. The maximum atomic E-state index is 12.4. The molecule has 3 aromatic rings. The van der Waals surface area contributed by atoms with Crippen LogP contribution in [0.15, 0.2) is 52.1 Å². The number of anilines is 1. The lowest BCUT2D eigenvalue weighted by Gasteiger charge is -2.10. The van der Waals surface area contributed by atoms with E-state index in [2.05, 4.69) is 21.6 Å². The molecule has 0 saturated carbocycles. The Morgan fingerprint density at radius 1 is 1.14 bits per heavy atom. The number of aryl methyl sites for hydroxylation is 2. The number of nitrogens with one attached hydrogen (secondary N) is 1. The van der Waals surface area contributed by atoms with Gasteiger partial charge in [0.15, 0.2) is 0 Å². The highest BCUT2D eigenvalue weighted by Crippen LogP contribution is 2.28. The van der Waals surface area contributed by atoms with Crippen molar-refractivity contribution in [1.29, 1.82) is 0 Å². The van der Waals surface area contributed by atoms with Crippen molar-refractivity contribution >= 4 is 23.4 Å². The maximum Gasteiger partial charge on any atom is 0.277 e. The van der Waals surface area contributed by atoms with Crippen molar-refractivity contribution in [3.63, 3.8) is 0 Å². The third kappa shape index (κ3) is 5.13. The first-order valence-electron chi connectivity index (χ1n) is 9.07. The van der Waals surface area contributed by atoms with E-state index in [1.54, 1.807) is 6.92 Å². The number of ether oxygens (including phenoxy) is 1. The molecule has 1 aromatic heterocycles. The van der Waals surface area contributed by atoms with Crippen molar-refractivity contribution in [3.05, 3.63) is 53.6 Å². The first kappa shape index (κ1) is 19.9. The summed E-state index contributed by atoms with van der Waals surface area (Å²) in [5.74, 6) is 1.08. The largest absolute Gasteiger partial charge is 0.494 e. The van der Waals surface area contributed by atoms with E-state index < -0.39 is 0 Å². The summed E-state index contributed by atoms with van der Waals surface area (Å²) in [5.41, 5.74) is 3.85. The molecule has 1 amide bonds. The van der Waals surface area contributed by atoms with Crippen molar-refractivity contribution in [2.24, 2.45) is 0 Å². The summed E-state index contributed by atoms with van der Waals surface area (Å²) < 4.78 is 11.1. The van der Waals surface area contributed by atoms with Crippen LogP contribution >= 0.6 is 11.8 Å². The number of nitrogens with zero attached hydrogens (tertiary/aromatic N) is 2. The van der Waals surface area contributed by atoms with Crippen LogP contribution in [0.2, 0.25) is 0 Å². The van der Waals surface area contributed by atoms with Crippen LogP contribution in [0.4, 0.5) is 5.69 Å². The van der Waals surface area contributed by atoms with E-state index in [9.17, 15) is 4.79 Å². The van der Waals surface area contributed by atoms with Crippen molar-refractivity contribution in [3.8, 4) is 17.2 Å². The molecule has 0 fully saturated rings. The second-order valence-corrected chi connectivity index (χ2v) is 7.75. The number of rotatable bonds is 7. The van der Waals surface area contributed by atoms with Crippen molar-refractivity contribution in [2.45, 2.75) is 38.2 Å². The van der Waals surface area contributed by atoms with E-state index in [0.29, 0.717) is 23.4 Å². The minimum atomic E-state index is -0.390. The second-order valence-electron chi connectivity index (χ2n) is 6.46. The average molecular weight is 398 g/mol. The fourth-order valence-electron chi connectivity index (χ4n) is 2.72. The van der Waals surface area contributed by atoms with Gasteiger partial charge < -0.3 is 14.5 Å². The minimum Gasteiger partial charge on any atom is -0.494 e. The van der Waals surface area contributed by atoms with Crippen LogP contribution in [0, 0.1) is 13.8 Å². The fourth-order valence-corrected chi connectivity index (χ4v) is 3.41. The first-order chi connectivity index (χ1) is 13.4. The van der Waals surface area contributed by atoms with Gasteiger partial charge in [-0.05, 0) is 64.1 Å². The zero-order valence-corrected chi connectivity index (χ0v) is 17.2. The van der Waals surface area contributed by atoms with Gasteiger partial charge in [0.25, 0.3) is 5.22 Å². The first-order valence-corrected chi connectivity index (χ1v) is 9.95. The van der Waals surface area contributed by atoms with Gasteiger partial charge >= 0.3 is 0 Å². The van der Waals surface area contributed by atoms with E-state index in [0.717, 1.165) is 22.4 Å². The van der Waals surface area contributed by atoms with Crippen LogP contribution in [0.1, 0.15) is 25.0 Å². The number of thioether (sulfide) groups is 1. The molecule has 1 N–H and O–H groups in total. The minimum absolute atomic E-state index is 0.139. The quantitative estimate of drug-likeness (QED) is 0.573. The number of amides is 1. The molecule has 1 atom stereocenters. The molecule has 1 heterocycles. The Kier molecular flexibility index (Phi) is 6.36. The highest BCUT2D eigenvalue weighted by molar-refractivity contribution is 8.00. The van der Waals surface area contributed by atoms with Crippen LogP contribution < -0.4 is 10.1 Å². The van der Waals surface area contributed by atoms with Crippen LogP contribution in [0.3, 0.4) is 0 Å². The molecule has 0 aliphatic carbocycles. The number of benzene rings is 2. The molecule has 0 spiro atoms. The lowest BCUT2D eigenvalue weighted by atomic mass is 10.1. The van der Waals surface area contributed by atoms with Crippen LogP contribution in [-0.4, -0.2) is 28.0 Å². The van der Waals surface area contributed by atoms with Crippen LogP contribution in [0.25, 0.3) is 11.5 Å². The number of hydrogen-bond donors (Lipinski definition) is 1. The summed E-state index contributed by atoms with van der Waals surface area (Å²) in [6.07, 6.45) is 0. The van der Waals surface area contributed by atoms with Gasteiger partial charge in [0, 0.05) is 11.3 Å². The molecule has 3 rings (SSSR count). The molecule has 0 aliphatic rings. The predicted octanol–water partition coefficient (Wildman–Crippen LogP) is 4.87.